The van der Waals surface area contributed by atoms with E-state index in [1.54, 1.807) is 29.9 Å². The second-order valence-electron chi connectivity index (χ2n) is 5.39. The predicted octanol–water partition coefficient (Wildman–Crippen LogP) is 2.08. The summed E-state index contributed by atoms with van der Waals surface area (Å²) in [6.45, 7) is 4.26. The van der Waals surface area contributed by atoms with E-state index in [4.69, 9.17) is 0 Å². The number of rotatable bonds is 13. The van der Waals surface area contributed by atoms with E-state index in [0.29, 0.717) is 18.9 Å². The van der Waals surface area contributed by atoms with Crippen LogP contribution in [0.15, 0.2) is 23.3 Å². The van der Waals surface area contributed by atoms with Gasteiger partial charge in [0.2, 0.25) is 0 Å². The minimum atomic E-state index is -0.438. The van der Waals surface area contributed by atoms with Gasteiger partial charge in [0.15, 0.2) is 5.82 Å². The minimum absolute atomic E-state index is 0.438. The van der Waals surface area contributed by atoms with Crippen molar-refractivity contribution in [2.45, 2.75) is 12.7 Å². The number of aromatic nitrogens is 2. The van der Waals surface area contributed by atoms with Gasteiger partial charge in [-0.2, -0.15) is 23.5 Å². The first-order valence-corrected chi connectivity index (χ1v) is 11.6. The van der Waals surface area contributed by atoms with Crippen LogP contribution in [0.4, 0.5) is 0 Å². The number of aromatic amines is 1. The van der Waals surface area contributed by atoms with E-state index in [1.807, 2.05) is 18.7 Å². The van der Waals surface area contributed by atoms with E-state index in [2.05, 4.69) is 25.6 Å². The van der Waals surface area contributed by atoms with Crippen molar-refractivity contribution < 1.29 is 4.92 Å². The summed E-state index contributed by atoms with van der Waals surface area (Å²) in [7, 11) is 0. The van der Waals surface area contributed by atoms with Crippen LogP contribution in [0.5, 0.6) is 0 Å². The van der Waals surface area contributed by atoms with Gasteiger partial charge in [0, 0.05) is 54.1 Å². The Morgan fingerprint density at radius 3 is 2.69 bits per heavy atom. The van der Waals surface area contributed by atoms with Gasteiger partial charge in [0.1, 0.15) is 0 Å². The molecule has 0 spiro atoms. The van der Waals surface area contributed by atoms with E-state index < -0.39 is 4.92 Å². The van der Waals surface area contributed by atoms with Crippen molar-refractivity contribution in [3.05, 3.63) is 39.9 Å². The molecular formula is C15H24N6O2S3. The van der Waals surface area contributed by atoms with Crippen LogP contribution in [0.25, 0.3) is 0 Å². The first kappa shape index (κ1) is 21.0. The van der Waals surface area contributed by atoms with Crippen LogP contribution in [0.1, 0.15) is 11.4 Å². The highest BCUT2D eigenvalue weighted by atomic mass is 32.2. The van der Waals surface area contributed by atoms with Crippen LogP contribution in [0.2, 0.25) is 0 Å². The summed E-state index contributed by atoms with van der Waals surface area (Å²) in [5.74, 6) is 5.03. The molecule has 0 radical (unpaired) electrons. The van der Waals surface area contributed by atoms with Gasteiger partial charge >= 0.3 is 0 Å². The van der Waals surface area contributed by atoms with E-state index >= 15 is 0 Å². The maximum absolute atomic E-state index is 10.8. The van der Waals surface area contributed by atoms with Crippen LogP contribution in [0.3, 0.4) is 0 Å². The lowest BCUT2D eigenvalue weighted by atomic mass is 10.4. The van der Waals surface area contributed by atoms with Gasteiger partial charge in [-0.3, -0.25) is 15.1 Å². The monoisotopic (exact) mass is 416 g/mol. The van der Waals surface area contributed by atoms with E-state index in [1.165, 1.54) is 5.04 Å². The Bertz CT molecular complexity index is 635. The second-order valence-corrected chi connectivity index (χ2v) is 8.76. The third kappa shape index (κ3) is 8.37. The number of imidazole rings is 1. The molecule has 0 unspecified atom stereocenters. The molecule has 0 aliphatic carbocycles. The lowest BCUT2D eigenvalue weighted by Crippen LogP contribution is -2.30. The molecule has 0 fully saturated rings. The van der Waals surface area contributed by atoms with E-state index in [-0.39, 0.29) is 0 Å². The molecule has 1 aliphatic rings. The van der Waals surface area contributed by atoms with Crippen molar-refractivity contribution >= 4 is 40.3 Å². The third-order valence-electron chi connectivity index (χ3n) is 3.40. The highest BCUT2D eigenvalue weighted by molar-refractivity contribution is 8.16. The number of nitrogens with zero attached hydrogens (tertiary/aromatic N) is 3. The maximum atomic E-state index is 10.8. The molecule has 0 atom stereocenters. The highest BCUT2D eigenvalue weighted by Gasteiger charge is 2.07. The molecule has 11 heteroatoms. The molecule has 8 nitrogen and oxygen atoms in total. The molecule has 26 heavy (non-hydrogen) atoms. The fraction of sp³-hybridized carbons (Fsp3) is 0.600. The number of nitrogens with one attached hydrogen (secondary N) is 3. The van der Waals surface area contributed by atoms with E-state index in [9.17, 15) is 10.1 Å². The summed E-state index contributed by atoms with van der Waals surface area (Å²) in [5.41, 5.74) is 2.14. The number of aryl methyl sites for hydroxylation is 1. The number of thioether (sulfide) groups is 3. The van der Waals surface area contributed by atoms with Crippen molar-refractivity contribution in [3.63, 3.8) is 0 Å². The Morgan fingerprint density at radius 1 is 1.38 bits per heavy atom. The van der Waals surface area contributed by atoms with Crippen LogP contribution in [-0.2, 0) is 5.75 Å². The smallest absolute Gasteiger partial charge is 0.274 e. The van der Waals surface area contributed by atoms with Gasteiger partial charge in [-0.1, -0.05) is 0 Å². The molecule has 2 rings (SSSR count). The lowest BCUT2D eigenvalue weighted by Gasteiger charge is -2.11. The number of hydrogen-bond acceptors (Lipinski definition) is 9. The molecule has 1 aromatic heterocycles. The third-order valence-corrected chi connectivity index (χ3v) is 6.52. The topological polar surface area (TPSA) is 108 Å². The van der Waals surface area contributed by atoms with Gasteiger partial charge in [0.05, 0.1) is 22.0 Å². The van der Waals surface area contributed by atoms with Crippen molar-refractivity contribution in [2.75, 3.05) is 42.6 Å². The number of hydrogen-bond donors (Lipinski definition) is 3. The summed E-state index contributed by atoms with van der Waals surface area (Å²) in [4.78, 5) is 22.0. The van der Waals surface area contributed by atoms with Crippen molar-refractivity contribution in [3.8, 4) is 0 Å². The normalized spacial score (nSPS) is 14.3. The predicted molar refractivity (Wildman–Crippen MR) is 113 cm³/mol. The van der Waals surface area contributed by atoms with Gasteiger partial charge < -0.3 is 15.6 Å². The van der Waals surface area contributed by atoms with Gasteiger partial charge in [-0.25, -0.2) is 4.98 Å². The molecule has 0 saturated carbocycles. The first-order valence-electron chi connectivity index (χ1n) is 8.28. The summed E-state index contributed by atoms with van der Waals surface area (Å²) in [6.07, 6.45) is 2.69. The Morgan fingerprint density at radius 2 is 2.12 bits per heavy atom. The summed E-state index contributed by atoms with van der Waals surface area (Å²) >= 11 is 5.35. The standard InChI is InChI=1S/C15H24N6O2S3/c1-12-13(20-11-19-12)9-24-5-2-16-14(8-21(22)23)17-3-6-25-10-15-18-4-7-26-15/h8,11,16-17H,2-7,9-10H2,1H3,(H,19,20)/b14-8-. The molecule has 1 aliphatic heterocycles. The Hall–Kier alpha value is -1.33. The number of nitro groups is 1. The molecule has 2 heterocycles. The fourth-order valence-corrected chi connectivity index (χ4v) is 4.82. The van der Waals surface area contributed by atoms with Crippen molar-refractivity contribution in [1.82, 2.24) is 20.6 Å². The first-order chi connectivity index (χ1) is 12.6. The SMILES string of the molecule is Cc1[nH]cnc1CSCCN/C(=C/[N+](=O)[O-])NCCSCC1=NCCS1. The fourth-order valence-electron chi connectivity index (χ4n) is 2.10. The molecule has 0 aromatic carbocycles. The van der Waals surface area contributed by atoms with Crippen molar-refractivity contribution in [2.24, 2.45) is 4.99 Å². The van der Waals surface area contributed by atoms with Crippen LogP contribution < -0.4 is 10.6 Å². The zero-order valence-corrected chi connectivity index (χ0v) is 17.1. The average Bonchev–Trinajstić information content (AvgIpc) is 3.25. The number of aliphatic imine (C=N–C) groups is 1. The molecule has 3 N–H and O–H groups in total. The van der Waals surface area contributed by atoms with Gasteiger partial charge in [-0.05, 0) is 6.92 Å². The average molecular weight is 417 g/mol. The Balaban J connectivity index is 1.58. The zero-order chi connectivity index (χ0) is 18.6. The quantitative estimate of drug-likeness (QED) is 0.255. The van der Waals surface area contributed by atoms with Crippen LogP contribution >= 0.6 is 35.3 Å². The summed E-state index contributed by atoms with van der Waals surface area (Å²) < 4.78 is 0. The second kappa shape index (κ2) is 12.1. The van der Waals surface area contributed by atoms with Gasteiger partial charge in [0.25, 0.3) is 6.20 Å². The van der Waals surface area contributed by atoms with Crippen LogP contribution in [0, 0.1) is 17.0 Å². The van der Waals surface area contributed by atoms with Crippen LogP contribution in [-0.4, -0.2) is 62.6 Å². The molecule has 0 saturated heterocycles. The summed E-state index contributed by atoms with van der Waals surface area (Å²) in [5, 5.41) is 18.2. The molecule has 0 bridgehead atoms. The Labute approximate surface area is 166 Å². The zero-order valence-electron chi connectivity index (χ0n) is 14.7. The molecule has 144 valence electrons. The minimum Gasteiger partial charge on any atom is -0.366 e. The highest BCUT2D eigenvalue weighted by Crippen LogP contribution is 2.15. The van der Waals surface area contributed by atoms with E-state index in [0.717, 1.165) is 52.9 Å². The number of H-pyrrole nitrogens is 1. The van der Waals surface area contributed by atoms with Gasteiger partial charge in [-0.15, -0.1) is 11.8 Å². The van der Waals surface area contributed by atoms with Crippen molar-refractivity contribution in [1.29, 1.82) is 0 Å². The summed E-state index contributed by atoms with van der Waals surface area (Å²) in [6, 6.07) is 0. The Kier molecular flexibility index (Phi) is 9.78. The maximum Gasteiger partial charge on any atom is 0.274 e. The molecule has 0 amide bonds. The molecule has 1 aromatic rings. The molecular weight excluding hydrogens is 392 g/mol. The lowest BCUT2D eigenvalue weighted by molar-refractivity contribution is -0.404. The largest absolute Gasteiger partial charge is 0.366 e.